The van der Waals surface area contributed by atoms with Gasteiger partial charge < -0.3 is 10.4 Å². The highest BCUT2D eigenvalue weighted by Gasteiger charge is 2.48. The predicted octanol–water partition coefficient (Wildman–Crippen LogP) is 2.14. The van der Waals surface area contributed by atoms with Gasteiger partial charge in [-0.3, -0.25) is 9.69 Å². The van der Waals surface area contributed by atoms with Gasteiger partial charge >= 0.3 is 0 Å². The number of rotatable bonds is 5. The summed E-state index contributed by atoms with van der Waals surface area (Å²) >= 11 is 0. The first-order valence-corrected chi connectivity index (χ1v) is 9.30. The van der Waals surface area contributed by atoms with Gasteiger partial charge in [-0.25, -0.2) is 0 Å². The van der Waals surface area contributed by atoms with E-state index in [0.29, 0.717) is 0 Å². The zero-order valence-corrected chi connectivity index (χ0v) is 14.9. The second-order valence-electron chi connectivity index (χ2n) is 7.71. The fourth-order valence-corrected chi connectivity index (χ4v) is 4.17. The molecule has 1 aliphatic heterocycles. The molecule has 1 atom stereocenters. The monoisotopic (exact) mass is 330 g/mol. The van der Waals surface area contributed by atoms with Crippen LogP contribution in [0.3, 0.4) is 0 Å². The SMILES string of the molecule is CC(C)C(CO)NC(=O)C1(N2CCCCC2)Cc2ccccc2C1. The normalized spacial score (nSPS) is 21.5. The number of carbonyl (C=O) groups excluding carboxylic acids is 1. The second kappa shape index (κ2) is 7.24. The van der Waals surface area contributed by atoms with Crippen molar-refractivity contribution in [3.8, 4) is 0 Å². The summed E-state index contributed by atoms with van der Waals surface area (Å²) in [4.78, 5) is 15.7. The average Bonchev–Trinajstić information content (AvgIpc) is 3.00. The molecule has 0 radical (unpaired) electrons. The fraction of sp³-hybridized carbons (Fsp3) is 0.650. The third-order valence-electron chi connectivity index (χ3n) is 5.79. The number of nitrogens with zero attached hydrogens (tertiary/aromatic N) is 1. The molecule has 1 amide bonds. The van der Waals surface area contributed by atoms with E-state index in [1.54, 1.807) is 0 Å². The number of nitrogens with one attached hydrogen (secondary N) is 1. The van der Waals surface area contributed by atoms with Crippen molar-refractivity contribution in [3.63, 3.8) is 0 Å². The van der Waals surface area contributed by atoms with Crippen LogP contribution in [0.1, 0.15) is 44.2 Å². The smallest absolute Gasteiger partial charge is 0.241 e. The van der Waals surface area contributed by atoms with Crippen LogP contribution in [0.25, 0.3) is 0 Å². The summed E-state index contributed by atoms with van der Waals surface area (Å²) in [6, 6.07) is 8.25. The Hall–Kier alpha value is -1.39. The Kier molecular flexibility index (Phi) is 5.26. The van der Waals surface area contributed by atoms with Gasteiger partial charge in [0.2, 0.25) is 5.91 Å². The van der Waals surface area contributed by atoms with E-state index in [4.69, 9.17) is 0 Å². The van der Waals surface area contributed by atoms with Crippen molar-refractivity contribution in [2.24, 2.45) is 5.92 Å². The molecule has 1 aromatic rings. The number of fused-ring (bicyclic) bond motifs is 1. The molecule has 0 spiro atoms. The molecule has 24 heavy (non-hydrogen) atoms. The number of hydrogen-bond acceptors (Lipinski definition) is 3. The largest absolute Gasteiger partial charge is 0.394 e. The van der Waals surface area contributed by atoms with Gasteiger partial charge in [0.15, 0.2) is 0 Å². The first kappa shape index (κ1) is 17.4. The lowest BCUT2D eigenvalue weighted by molar-refractivity contribution is -0.135. The molecule has 1 aliphatic carbocycles. The lowest BCUT2D eigenvalue weighted by atomic mass is 9.88. The molecule has 1 unspecified atom stereocenters. The molecule has 0 saturated carbocycles. The fourth-order valence-electron chi connectivity index (χ4n) is 4.17. The summed E-state index contributed by atoms with van der Waals surface area (Å²) in [6.07, 6.45) is 5.15. The molecule has 0 bridgehead atoms. The van der Waals surface area contributed by atoms with Crippen molar-refractivity contribution >= 4 is 5.91 Å². The highest BCUT2D eigenvalue weighted by Crippen LogP contribution is 2.36. The molecule has 4 heteroatoms. The maximum Gasteiger partial charge on any atom is 0.241 e. The van der Waals surface area contributed by atoms with Crippen LogP contribution >= 0.6 is 0 Å². The van der Waals surface area contributed by atoms with Gasteiger partial charge in [0.25, 0.3) is 0 Å². The summed E-state index contributed by atoms with van der Waals surface area (Å²) in [6.45, 7) is 6.06. The Labute approximate surface area is 145 Å². The van der Waals surface area contributed by atoms with E-state index in [9.17, 15) is 9.90 Å². The minimum Gasteiger partial charge on any atom is -0.394 e. The molecule has 1 heterocycles. The summed E-state index contributed by atoms with van der Waals surface area (Å²) < 4.78 is 0. The molecule has 132 valence electrons. The van der Waals surface area contributed by atoms with Gasteiger partial charge in [-0.1, -0.05) is 44.5 Å². The molecular weight excluding hydrogens is 300 g/mol. The number of piperidine rings is 1. The number of aliphatic hydroxyl groups excluding tert-OH is 1. The highest BCUT2D eigenvalue weighted by molar-refractivity contribution is 5.88. The van der Waals surface area contributed by atoms with Crippen LogP contribution < -0.4 is 5.32 Å². The van der Waals surface area contributed by atoms with Crippen LogP contribution in [0.15, 0.2) is 24.3 Å². The molecule has 0 aromatic heterocycles. The minimum atomic E-state index is -0.480. The van der Waals surface area contributed by atoms with Crippen molar-refractivity contribution in [2.45, 2.75) is 57.5 Å². The van der Waals surface area contributed by atoms with E-state index in [2.05, 4.69) is 34.5 Å². The maximum atomic E-state index is 13.3. The van der Waals surface area contributed by atoms with Crippen molar-refractivity contribution < 1.29 is 9.90 Å². The van der Waals surface area contributed by atoms with Gasteiger partial charge in [0.05, 0.1) is 12.6 Å². The quantitative estimate of drug-likeness (QED) is 0.870. The lowest BCUT2D eigenvalue weighted by Crippen LogP contribution is -2.63. The van der Waals surface area contributed by atoms with Crippen LogP contribution in [0.4, 0.5) is 0 Å². The third-order valence-corrected chi connectivity index (χ3v) is 5.79. The van der Waals surface area contributed by atoms with E-state index in [1.807, 2.05) is 13.8 Å². The van der Waals surface area contributed by atoms with Crippen molar-refractivity contribution in [2.75, 3.05) is 19.7 Å². The lowest BCUT2D eigenvalue weighted by Gasteiger charge is -2.43. The number of benzene rings is 1. The number of carbonyl (C=O) groups is 1. The zero-order chi connectivity index (χ0) is 17.2. The average molecular weight is 330 g/mol. The van der Waals surface area contributed by atoms with E-state index < -0.39 is 5.54 Å². The number of hydrogen-bond donors (Lipinski definition) is 2. The second-order valence-corrected chi connectivity index (χ2v) is 7.71. The van der Waals surface area contributed by atoms with Crippen LogP contribution in [-0.2, 0) is 17.6 Å². The molecule has 2 N–H and O–H groups in total. The third kappa shape index (κ3) is 3.22. The van der Waals surface area contributed by atoms with Crippen LogP contribution in [-0.4, -0.2) is 47.2 Å². The molecule has 3 rings (SSSR count). The van der Waals surface area contributed by atoms with Gasteiger partial charge in [-0.15, -0.1) is 0 Å². The van der Waals surface area contributed by atoms with E-state index in [0.717, 1.165) is 25.9 Å². The van der Waals surface area contributed by atoms with Crippen molar-refractivity contribution in [1.29, 1.82) is 0 Å². The summed E-state index contributed by atoms with van der Waals surface area (Å²) in [5.74, 6) is 0.314. The standard InChI is InChI=1S/C20H30N2O2/c1-15(2)18(14-23)21-19(24)20(22-10-6-3-7-11-22)12-16-8-4-5-9-17(16)13-20/h4-5,8-9,15,18,23H,3,6-7,10-14H2,1-2H3,(H,21,24). The molecule has 4 nitrogen and oxygen atoms in total. The van der Waals surface area contributed by atoms with Crippen LogP contribution in [0.2, 0.25) is 0 Å². The first-order valence-electron chi connectivity index (χ1n) is 9.30. The topological polar surface area (TPSA) is 52.6 Å². The van der Waals surface area contributed by atoms with E-state index in [-0.39, 0.29) is 24.5 Å². The molecule has 1 fully saturated rings. The highest BCUT2D eigenvalue weighted by atomic mass is 16.3. The van der Waals surface area contributed by atoms with Crippen molar-refractivity contribution in [3.05, 3.63) is 35.4 Å². The Morgan fingerprint density at radius 3 is 2.25 bits per heavy atom. The Morgan fingerprint density at radius 2 is 1.75 bits per heavy atom. The predicted molar refractivity (Wildman–Crippen MR) is 95.9 cm³/mol. The molecular formula is C20H30N2O2. The summed E-state index contributed by atoms with van der Waals surface area (Å²) in [5.41, 5.74) is 2.11. The van der Waals surface area contributed by atoms with E-state index >= 15 is 0 Å². The van der Waals surface area contributed by atoms with Crippen LogP contribution in [0.5, 0.6) is 0 Å². The van der Waals surface area contributed by atoms with Crippen molar-refractivity contribution in [1.82, 2.24) is 10.2 Å². The summed E-state index contributed by atoms with van der Waals surface area (Å²) in [5, 5.41) is 12.8. The maximum absolute atomic E-state index is 13.3. The zero-order valence-electron chi connectivity index (χ0n) is 14.9. The molecule has 1 saturated heterocycles. The van der Waals surface area contributed by atoms with Crippen LogP contribution in [0, 0.1) is 5.92 Å². The van der Waals surface area contributed by atoms with Gasteiger partial charge in [0, 0.05) is 12.8 Å². The molecule has 2 aliphatic rings. The summed E-state index contributed by atoms with van der Waals surface area (Å²) in [7, 11) is 0. The molecule has 1 aromatic carbocycles. The van der Waals surface area contributed by atoms with Gasteiger partial charge in [0.1, 0.15) is 5.54 Å². The number of likely N-dealkylation sites (tertiary alicyclic amines) is 1. The first-order chi connectivity index (χ1) is 11.6. The van der Waals surface area contributed by atoms with Gasteiger partial charge in [-0.2, -0.15) is 0 Å². The minimum absolute atomic E-state index is 0.00750. The Bertz CT molecular complexity index is 554. The number of aliphatic hydroxyl groups is 1. The number of amides is 1. The van der Waals surface area contributed by atoms with E-state index in [1.165, 1.54) is 30.4 Å². The van der Waals surface area contributed by atoms with Gasteiger partial charge in [-0.05, 0) is 43.0 Å². The Balaban J connectivity index is 1.87. The Morgan fingerprint density at radius 1 is 1.17 bits per heavy atom.